The zero-order chi connectivity index (χ0) is 15.8. The van der Waals surface area contributed by atoms with E-state index in [1.165, 1.54) is 51.0 Å². The zero-order valence-electron chi connectivity index (χ0n) is 13.2. The minimum absolute atomic E-state index is 0.657. The smallest absolute Gasteiger partial charge is 0.0905 e. The summed E-state index contributed by atoms with van der Waals surface area (Å²) < 4.78 is 0.798. The number of rotatable bonds is 2. The number of nitriles is 2. The van der Waals surface area contributed by atoms with Gasteiger partial charge >= 0.3 is 0 Å². The summed E-state index contributed by atoms with van der Waals surface area (Å²) in [4.78, 5) is 0. The Morgan fingerprint density at radius 3 is 1.67 bits per heavy atom. The van der Waals surface area contributed by atoms with E-state index in [1.807, 2.05) is 0 Å². The highest BCUT2D eigenvalue weighted by atomic mass is 127. The molecule has 0 aromatic heterocycles. The van der Waals surface area contributed by atoms with Crippen molar-refractivity contribution in [2.75, 3.05) is 0 Å². The molecule has 0 aliphatic heterocycles. The van der Waals surface area contributed by atoms with Crippen LogP contribution in [0.4, 0.5) is 0 Å². The fourth-order valence-electron chi connectivity index (χ4n) is 5.29. The van der Waals surface area contributed by atoms with Gasteiger partial charge in [-0.3, -0.25) is 0 Å². The number of allylic oxidation sites excluding steroid dienone is 1. The van der Waals surface area contributed by atoms with Crippen LogP contribution in [0.2, 0.25) is 0 Å². The molecule has 0 heterocycles. The van der Waals surface area contributed by atoms with Gasteiger partial charge in [-0.1, -0.05) is 43.0 Å². The van der Waals surface area contributed by atoms with Gasteiger partial charge < -0.3 is 0 Å². The van der Waals surface area contributed by atoms with Crippen molar-refractivity contribution < 1.29 is 0 Å². The summed E-state index contributed by atoms with van der Waals surface area (Å²) in [6, 6.07) is 3.92. The van der Waals surface area contributed by atoms with Gasteiger partial charge in [0.25, 0.3) is 0 Å². The molecule has 0 amide bonds. The van der Waals surface area contributed by atoms with Crippen LogP contribution >= 0.6 is 22.6 Å². The Bertz CT molecular complexity index is 457. The SMILES string of the molecule is C=CC#N.CC12CC(CCC#N)(C1)C2.CC12CC(I)(C1)C2. The number of hydrogen-bond donors (Lipinski definition) is 0. The summed E-state index contributed by atoms with van der Waals surface area (Å²) in [6.07, 6.45) is 11.8. The fraction of sp³-hybridized carbons (Fsp3) is 0.778. The van der Waals surface area contributed by atoms with Gasteiger partial charge in [-0.05, 0) is 61.2 Å². The topological polar surface area (TPSA) is 47.6 Å². The van der Waals surface area contributed by atoms with E-state index in [4.69, 9.17) is 10.5 Å². The largest absolute Gasteiger partial charge is 0.198 e. The molecule has 0 aromatic rings. The molecule has 6 saturated carbocycles. The Hall–Kier alpha value is -0.550. The van der Waals surface area contributed by atoms with E-state index in [1.54, 1.807) is 6.07 Å². The lowest BCUT2D eigenvalue weighted by Gasteiger charge is -2.70. The molecule has 0 radical (unpaired) electrons. The van der Waals surface area contributed by atoms with Crippen LogP contribution in [0.5, 0.6) is 0 Å². The highest BCUT2D eigenvalue weighted by Crippen LogP contribution is 2.74. The molecule has 0 aromatic carbocycles. The Kier molecular flexibility index (Phi) is 4.47. The number of alkyl halides is 1. The molecular formula is C18H25IN2. The van der Waals surface area contributed by atoms with Crippen molar-refractivity contribution in [2.45, 2.75) is 68.6 Å². The van der Waals surface area contributed by atoms with Crippen LogP contribution in [0.3, 0.4) is 0 Å². The molecule has 21 heavy (non-hydrogen) atoms. The molecule has 3 heteroatoms. The van der Waals surface area contributed by atoms with Gasteiger partial charge in [0.15, 0.2) is 0 Å². The third kappa shape index (κ3) is 3.45. The summed E-state index contributed by atoms with van der Waals surface area (Å²) in [5, 5.41) is 15.9. The summed E-state index contributed by atoms with van der Waals surface area (Å²) in [5.41, 5.74) is 2.20. The first-order chi connectivity index (χ1) is 9.72. The van der Waals surface area contributed by atoms with Gasteiger partial charge in [0.1, 0.15) is 0 Å². The van der Waals surface area contributed by atoms with Gasteiger partial charge in [0.05, 0.1) is 12.1 Å². The van der Waals surface area contributed by atoms with Crippen molar-refractivity contribution in [1.82, 2.24) is 0 Å². The summed E-state index contributed by atoms with van der Waals surface area (Å²) in [6.45, 7) is 7.88. The second kappa shape index (κ2) is 5.58. The van der Waals surface area contributed by atoms with E-state index >= 15 is 0 Å². The first-order valence-corrected chi connectivity index (χ1v) is 8.86. The van der Waals surface area contributed by atoms with E-state index in [9.17, 15) is 0 Å². The Balaban J connectivity index is 0.000000128. The number of halogens is 1. The van der Waals surface area contributed by atoms with E-state index < -0.39 is 0 Å². The average Bonchev–Trinajstić information content (AvgIpc) is 2.30. The maximum atomic E-state index is 8.38. The molecule has 6 rings (SSSR count). The lowest BCUT2D eigenvalue weighted by Crippen LogP contribution is -2.61. The van der Waals surface area contributed by atoms with Gasteiger partial charge in [-0.25, -0.2) is 0 Å². The normalized spacial score (nSPS) is 46.0. The third-order valence-corrected chi connectivity index (χ3v) is 6.64. The maximum absolute atomic E-state index is 8.38. The highest BCUT2D eigenvalue weighted by molar-refractivity contribution is 14.1. The standard InChI is InChI=1S/C9H13N.C6H9I.C3H3N/c1-8-5-9(6-8,7-8)3-2-4-10;1-5-2-6(7,3-5)4-5;1-2-3-4/h2-3,5-7H2,1H3;2-4H2,1H3;2H,1H2. The minimum atomic E-state index is 0.657. The Labute approximate surface area is 142 Å². The summed E-state index contributed by atoms with van der Waals surface area (Å²) in [7, 11) is 0. The van der Waals surface area contributed by atoms with Crippen molar-refractivity contribution in [3.05, 3.63) is 12.7 Å². The predicted molar refractivity (Wildman–Crippen MR) is 93.8 cm³/mol. The lowest BCUT2D eigenvalue weighted by molar-refractivity contribution is -0.193. The van der Waals surface area contributed by atoms with Gasteiger partial charge in [0, 0.05) is 15.9 Å². The first-order valence-electron chi connectivity index (χ1n) is 7.78. The van der Waals surface area contributed by atoms with Crippen molar-refractivity contribution in [3.63, 3.8) is 0 Å². The van der Waals surface area contributed by atoms with Crippen LogP contribution in [-0.4, -0.2) is 3.42 Å². The minimum Gasteiger partial charge on any atom is -0.198 e. The second-order valence-corrected chi connectivity index (χ2v) is 10.6. The van der Waals surface area contributed by atoms with Crippen LogP contribution in [-0.2, 0) is 0 Å². The first kappa shape index (κ1) is 16.8. The molecule has 0 atom stereocenters. The monoisotopic (exact) mass is 396 g/mol. The Morgan fingerprint density at radius 1 is 1.05 bits per heavy atom. The van der Waals surface area contributed by atoms with E-state index in [-0.39, 0.29) is 0 Å². The average molecular weight is 396 g/mol. The highest BCUT2D eigenvalue weighted by Gasteiger charge is 2.64. The molecule has 0 unspecified atom stereocenters. The molecule has 114 valence electrons. The van der Waals surface area contributed by atoms with Crippen molar-refractivity contribution >= 4 is 22.6 Å². The summed E-state index contributed by atoms with van der Waals surface area (Å²) >= 11 is 2.60. The molecule has 0 N–H and O–H groups in total. The Morgan fingerprint density at radius 2 is 1.48 bits per heavy atom. The quantitative estimate of drug-likeness (QED) is 0.350. The molecule has 2 nitrogen and oxygen atoms in total. The van der Waals surface area contributed by atoms with Crippen molar-refractivity contribution in [3.8, 4) is 12.1 Å². The lowest BCUT2D eigenvalue weighted by atomic mass is 9.35. The molecule has 0 saturated heterocycles. The zero-order valence-corrected chi connectivity index (χ0v) is 15.4. The number of hydrogen-bond acceptors (Lipinski definition) is 2. The van der Waals surface area contributed by atoms with Gasteiger partial charge in [-0.15, -0.1) is 0 Å². The molecule has 4 bridgehead atoms. The van der Waals surface area contributed by atoms with Crippen LogP contribution < -0.4 is 0 Å². The molecule has 6 fully saturated rings. The number of nitrogens with zero attached hydrogens (tertiary/aromatic N) is 2. The van der Waals surface area contributed by atoms with Gasteiger partial charge in [0.2, 0.25) is 0 Å². The van der Waals surface area contributed by atoms with E-state index in [0.29, 0.717) is 5.41 Å². The van der Waals surface area contributed by atoms with Crippen LogP contribution in [0.25, 0.3) is 0 Å². The van der Waals surface area contributed by atoms with E-state index in [0.717, 1.165) is 20.7 Å². The van der Waals surface area contributed by atoms with Crippen LogP contribution in [0.1, 0.15) is 65.2 Å². The van der Waals surface area contributed by atoms with E-state index in [2.05, 4.69) is 49.1 Å². The van der Waals surface area contributed by atoms with Gasteiger partial charge in [-0.2, -0.15) is 10.5 Å². The molecule has 6 aliphatic rings. The van der Waals surface area contributed by atoms with Crippen LogP contribution in [0.15, 0.2) is 12.7 Å². The maximum Gasteiger partial charge on any atom is 0.0905 e. The van der Waals surface area contributed by atoms with Crippen molar-refractivity contribution in [2.24, 2.45) is 16.2 Å². The summed E-state index contributed by atoms with van der Waals surface area (Å²) in [5.74, 6) is 0. The second-order valence-electron chi connectivity index (χ2n) is 8.32. The molecule has 0 spiro atoms. The van der Waals surface area contributed by atoms with Crippen LogP contribution in [0, 0.1) is 38.9 Å². The molecule has 6 aliphatic carbocycles. The van der Waals surface area contributed by atoms with Crippen molar-refractivity contribution in [1.29, 1.82) is 10.5 Å². The fourth-order valence-corrected chi connectivity index (χ4v) is 8.05. The third-order valence-electron chi connectivity index (χ3n) is 5.49. The predicted octanol–water partition coefficient (Wildman–Crippen LogP) is 5.54. The molecular weight excluding hydrogens is 371 g/mol.